The van der Waals surface area contributed by atoms with E-state index < -0.39 is 11.9 Å². The topological polar surface area (TPSA) is 78.9 Å². The van der Waals surface area contributed by atoms with Crippen LogP contribution in [0.15, 0.2) is 0 Å². The van der Waals surface area contributed by atoms with Crippen molar-refractivity contribution in [1.29, 1.82) is 0 Å². The molecule has 0 aliphatic carbocycles. The Labute approximate surface area is 120 Å². The fourth-order valence-corrected chi connectivity index (χ4v) is 2.16. The Morgan fingerprint density at radius 1 is 1.45 bits per heavy atom. The molecule has 0 saturated carbocycles. The van der Waals surface area contributed by atoms with Gasteiger partial charge in [0.1, 0.15) is 0 Å². The van der Waals surface area contributed by atoms with Crippen LogP contribution in [-0.4, -0.2) is 54.9 Å². The van der Waals surface area contributed by atoms with Crippen LogP contribution in [0.25, 0.3) is 0 Å². The van der Waals surface area contributed by atoms with Crippen molar-refractivity contribution < 1.29 is 19.4 Å². The molecule has 1 unspecified atom stereocenters. The third kappa shape index (κ3) is 6.23. The Hall–Kier alpha value is -1.30. The van der Waals surface area contributed by atoms with Crippen LogP contribution < -0.4 is 5.32 Å². The van der Waals surface area contributed by atoms with Crippen molar-refractivity contribution >= 4 is 12.0 Å². The highest BCUT2D eigenvalue weighted by Crippen LogP contribution is 2.16. The molecular formula is C14H26N2O4. The second-order valence-electron chi connectivity index (χ2n) is 5.68. The predicted octanol–water partition coefficient (Wildman–Crippen LogP) is 1.56. The molecule has 0 spiro atoms. The van der Waals surface area contributed by atoms with Crippen molar-refractivity contribution in [1.82, 2.24) is 10.2 Å². The lowest BCUT2D eigenvalue weighted by atomic mass is 9.99. The molecule has 1 aliphatic heterocycles. The van der Waals surface area contributed by atoms with Gasteiger partial charge in [-0.15, -0.1) is 0 Å². The predicted molar refractivity (Wildman–Crippen MR) is 75.6 cm³/mol. The van der Waals surface area contributed by atoms with E-state index in [1.807, 2.05) is 0 Å². The lowest BCUT2D eigenvalue weighted by Crippen LogP contribution is -2.47. The van der Waals surface area contributed by atoms with Gasteiger partial charge in [-0.05, 0) is 25.2 Å². The number of carbonyl (C=O) groups is 2. The smallest absolute Gasteiger partial charge is 0.317 e. The summed E-state index contributed by atoms with van der Waals surface area (Å²) in [6, 6.07) is -0.167. The Bertz CT molecular complexity index is 320. The van der Waals surface area contributed by atoms with Gasteiger partial charge in [0.05, 0.1) is 5.92 Å². The van der Waals surface area contributed by atoms with Crippen LogP contribution >= 0.6 is 0 Å². The zero-order valence-corrected chi connectivity index (χ0v) is 12.4. The first kappa shape index (κ1) is 16.8. The van der Waals surface area contributed by atoms with Gasteiger partial charge in [-0.3, -0.25) is 4.79 Å². The van der Waals surface area contributed by atoms with Crippen molar-refractivity contribution in [2.45, 2.75) is 33.1 Å². The molecule has 1 fully saturated rings. The summed E-state index contributed by atoms with van der Waals surface area (Å²) >= 11 is 0. The third-order valence-electron chi connectivity index (χ3n) is 3.25. The van der Waals surface area contributed by atoms with Gasteiger partial charge in [-0.25, -0.2) is 4.79 Å². The van der Waals surface area contributed by atoms with E-state index in [2.05, 4.69) is 19.2 Å². The van der Waals surface area contributed by atoms with Gasteiger partial charge in [0.25, 0.3) is 0 Å². The van der Waals surface area contributed by atoms with Crippen molar-refractivity contribution in [2.24, 2.45) is 11.8 Å². The van der Waals surface area contributed by atoms with Crippen molar-refractivity contribution in [3.8, 4) is 0 Å². The fourth-order valence-electron chi connectivity index (χ4n) is 2.16. The quantitative estimate of drug-likeness (QED) is 0.696. The molecule has 2 N–H and O–H groups in total. The number of carboxylic acid groups (broad SMARTS) is 1. The number of nitrogens with one attached hydrogen (secondary N) is 1. The lowest BCUT2D eigenvalue weighted by molar-refractivity contribution is -0.143. The number of likely N-dealkylation sites (tertiary alicyclic amines) is 1. The van der Waals surface area contributed by atoms with E-state index in [1.165, 1.54) is 0 Å². The number of piperidine rings is 1. The van der Waals surface area contributed by atoms with E-state index in [-0.39, 0.29) is 6.03 Å². The summed E-state index contributed by atoms with van der Waals surface area (Å²) in [6.45, 7) is 7.07. The van der Waals surface area contributed by atoms with E-state index in [1.54, 1.807) is 4.90 Å². The highest BCUT2D eigenvalue weighted by atomic mass is 16.5. The molecule has 6 heteroatoms. The Kier molecular flexibility index (Phi) is 7.36. The molecule has 0 aromatic rings. The summed E-state index contributed by atoms with van der Waals surface area (Å²) in [5, 5.41) is 11.8. The van der Waals surface area contributed by atoms with Gasteiger partial charge in [-0.1, -0.05) is 13.8 Å². The molecule has 1 rings (SSSR count). The minimum atomic E-state index is -0.815. The van der Waals surface area contributed by atoms with Crippen LogP contribution in [0, 0.1) is 11.8 Å². The van der Waals surface area contributed by atoms with Crippen molar-refractivity contribution in [3.05, 3.63) is 0 Å². The van der Waals surface area contributed by atoms with E-state index in [4.69, 9.17) is 9.84 Å². The third-order valence-corrected chi connectivity index (χ3v) is 3.25. The molecule has 0 bridgehead atoms. The maximum Gasteiger partial charge on any atom is 0.317 e. The molecule has 0 aromatic carbocycles. The van der Waals surface area contributed by atoms with E-state index in [9.17, 15) is 9.59 Å². The van der Waals surface area contributed by atoms with Crippen LogP contribution in [0.1, 0.15) is 33.1 Å². The highest BCUT2D eigenvalue weighted by Gasteiger charge is 2.27. The maximum absolute atomic E-state index is 11.9. The van der Waals surface area contributed by atoms with E-state index in [0.29, 0.717) is 38.6 Å². The first-order chi connectivity index (χ1) is 9.50. The average Bonchev–Trinajstić information content (AvgIpc) is 2.42. The van der Waals surface area contributed by atoms with E-state index >= 15 is 0 Å². The number of rotatable bonds is 7. The number of hydrogen-bond donors (Lipinski definition) is 2. The summed E-state index contributed by atoms with van der Waals surface area (Å²) < 4.78 is 5.43. The van der Waals surface area contributed by atoms with Crippen molar-refractivity contribution in [3.63, 3.8) is 0 Å². The molecule has 2 amide bonds. The Morgan fingerprint density at radius 2 is 2.20 bits per heavy atom. The Balaban J connectivity index is 2.14. The zero-order valence-electron chi connectivity index (χ0n) is 12.4. The molecule has 6 nitrogen and oxygen atoms in total. The first-order valence-corrected chi connectivity index (χ1v) is 7.34. The second-order valence-corrected chi connectivity index (χ2v) is 5.68. The molecule has 1 atom stereocenters. The van der Waals surface area contributed by atoms with Gasteiger partial charge >= 0.3 is 12.0 Å². The van der Waals surface area contributed by atoms with Gasteiger partial charge < -0.3 is 20.1 Å². The standard InChI is InChI=1S/C14H26N2O4/c1-11(2)10-20-8-4-6-15-14(19)16-7-3-5-12(9-16)13(17)18/h11-12H,3-10H2,1-2H3,(H,15,19)(H,17,18). The number of carbonyl (C=O) groups excluding carboxylic acids is 1. The molecule has 20 heavy (non-hydrogen) atoms. The summed E-state index contributed by atoms with van der Waals surface area (Å²) in [7, 11) is 0. The number of carboxylic acids is 1. The minimum absolute atomic E-state index is 0.167. The number of amides is 2. The lowest BCUT2D eigenvalue weighted by Gasteiger charge is -2.30. The fraction of sp³-hybridized carbons (Fsp3) is 0.857. The highest BCUT2D eigenvalue weighted by molar-refractivity contribution is 5.76. The number of ether oxygens (including phenoxy) is 1. The van der Waals surface area contributed by atoms with Crippen LogP contribution in [0.5, 0.6) is 0 Å². The van der Waals surface area contributed by atoms with E-state index in [0.717, 1.165) is 19.4 Å². The zero-order chi connectivity index (χ0) is 15.0. The number of nitrogens with zero attached hydrogens (tertiary/aromatic N) is 1. The largest absolute Gasteiger partial charge is 0.481 e. The van der Waals surface area contributed by atoms with Crippen LogP contribution in [0.2, 0.25) is 0 Å². The number of hydrogen-bond acceptors (Lipinski definition) is 3. The number of urea groups is 1. The van der Waals surface area contributed by atoms with Crippen LogP contribution in [-0.2, 0) is 9.53 Å². The minimum Gasteiger partial charge on any atom is -0.481 e. The molecule has 116 valence electrons. The van der Waals surface area contributed by atoms with Gasteiger partial charge in [0.2, 0.25) is 0 Å². The van der Waals surface area contributed by atoms with Gasteiger partial charge in [0, 0.05) is 32.8 Å². The summed E-state index contributed by atoms with van der Waals surface area (Å²) in [6.07, 6.45) is 2.18. The molecule has 1 saturated heterocycles. The van der Waals surface area contributed by atoms with Crippen LogP contribution in [0.4, 0.5) is 4.79 Å². The summed E-state index contributed by atoms with van der Waals surface area (Å²) in [4.78, 5) is 24.4. The summed E-state index contributed by atoms with van der Waals surface area (Å²) in [5.41, 5.74) is 0. The van der Waals surface area contributed by atoms with Crippen LogP contribution in [0.3, 0.4) is 0 Å². The van der Waals surface area contributed by atoms with Crippen molar-refractivity contribution in [2.75, 3.05) is 32.8 Å². The maximum atomic E-state index is 11.9. The summed E-state index contributed by atoms with van der Waals surface area (Å²) in [5.74, 6) is -0.723. The average molecular weight is 286 g/mol. The molecular weight excluding hydrogens is 260 g/mol. The first-order valence-electron chi connectivity index (χ1n) is 7.34. The Morgan fingerprint density at radius 3 is 2.85 bits per heavy atom. The second kappa shape index (κ2) is 8.79. The SMILES string of the molecule is CC(C)COCCCNC(=O)N1CCCC(C(=O)O)C1. The molecule has 0 aromatic heterocycles. The van der Waals surface area contributed by atoms with Gasteiger partial charge in [0.15, 0.2) is 0 Å². The molecule has 0 radical (unpaired) electrons. The molecule has 1 aliphatic rings. The molecule has 1 heterocycles. The monoisotopic (exact) mass is 286 g/mol. The van der Waals surface area contributed by atoms with Gasteiger partial charge in [-0.2, -0.15) is 0 Å². The normalized spacial score (nSPS) is 19.1. The number of aliphatic carboxylic acids is 1.